The maximum Gasteiger partial charge on any atom is 0.0812 e. The summed E-state index contributed by atoms with van der Waals surface area (Å²) in [5, 5.41) is 0. The molecule has 0 bridgehead atoms. The minimum atomic E-state index is 0.253. The summed E-state index contributed by atoms with van der Waals surface area (Å²) in [6, 6.07) is 7.10. The summed E-state index contributed by atoms with van der Waals surface area (Å²) < 4.78 is 12.7. The first-order chi connectivity index (χ1) is 4.33. The molecule has 0 aliphatic carbocycles. The topological polar surface area (TPSA) is 0 Å². The van der Waals surface area contributed by atoms with Crippen molar-refractivity contribution in [2.45, 2.75) is 4.90 Å². The van der Waals surface area contributed by atoms with Gasteiger partial charge in [-0.15, -0.1) is 0 Å². The average molecular weight is 207 g/mol. The number of benzene rings is 1. The highest BCUT2D eigenvalue weighted by Crippen LogP contribution is 2.21. The molecule has 0 N–H and O–H groups in total. The van der Waals surface area contributed by atoms with E-state index in [4.69, 9.17) is 0 Å². The van der Waals surface area contributed by atoms with E-state index in [-0.39, 0.29) is 12.1 Å². The van der Waals surface area contributed by atoms with Crippen molar-refractivity contribution in [1.29, 1.82) is 0 Å². The highest BCUT2D eigenvalue weighted by atomic mass is 79.9. The maximum atomic E-state index is 11.8. The van der Waals surface area contributed by atoms with Crippen LogP contribution in [0.5, 0.6) is 0 Å². The van der Waals surface area contributed by atoms with Crippen LogP contribution < -0.4 is 0 Å². The quantitative estimate of drug-likeness (QED) is 0.679. The van der Waals surface area contributed by atoms with Gasteiger partial charge >= 0.3 is 0 Å². The zero-order valence-corrected chi connectivity index (χ0v) is 6.88. The molecule has 0 aliphatic rings. The summed E-state index contributed by atoms with van der Waals surface area (Å²) in [5.41, 5.74) is 0. The molecule has 1 aromatic rings. The monoisotopic (exact) mass is 206 g/mol. The molecule has 0 heterocycles. The number of hydrogen-bond acceptors (Lipinski definition) is 1. The van der Waals surface area contributed by atoms with E-state index in [9.17, 15) is 3.89 Å². The van der Waals surface area contributed by atoms with E-state index in [0.717, 1.165) is 4.47 Å². The minimum absolute atomic E-state index is 0.253. The number of rotatable bonds is 1. The molecule has 0 amide bonds. The van der Waals surface area contributed by atoms with Gasteiger partial charge in [0, 0.05) is 9.37 Å². The Kier molecular flexibility index (Phi) is 2.54. The summed E-state index contributed by atoms with van der Waals surface area (Å²) >= 11 is 3.48. The SMILES string of the molecule is FSc1cccc(Br)c1. The van der Waals surface area contributed by atoms with Crippen LogP contribution in [0.4, 0.5) is 3.89 Å². The van der Waals surface area contributed by atoms with Crippen molar-refractivity contribution < 1.29 is 3.89 Å². The molecule has 0 unspecified atom stereocenters. The molecule has 0 radical (unpaired) electrons. The minimum Gasteiger partial charge on any atom is -0.160 e. The normalized spacial score (nSPS) is 9.56. The van der Waals surface area contributed by atoms with Crippen molar-refractivity contribution in [3.05, 3.63) is 28.7 Å². The second kappa shape index (κ2) is 3.22. The van der Waals surface area contributed by atoms with Crippen molar-refractivity contribution in [3.63, 3.8) is 0 Å². The molecule has 9 heavy (non-hydrogen) atoms. The van der Waals surface area contributed by atoms with Gasteiger partial charge in [0.25, 0.3) is 0 Å². The summed E-state index contributed by atoms with van der Waals surface area (Å²) in [6.45, 7) is 0. The van der Waals surface area contributed by atoms with E-state index in [2.05, 4.69) is 15.9 Å². The van der Waals surface area contributed by atoms with Crippen LogP contribution in [0.25, 0.3) is 0 Å². The number of halogens is 2. The first-order valence-electron chi connectivity index (χ1n) is 2.37. The smallest absolute Gasteiger partial charge is 0.0812 e. The van der Waals surface area contributed by atoms with Gasteiger partial charge in [0.15, 0.2) is 0 Å². The van der Waals surface area contributed by atoms with Crippen LogP contribution in [0.1, 0.15) is 0 Å². The molecule has 0 nitrogen and oxygen atoms in total. The Bertz CT molecular complexity index is 202. The molecule has 0 saturated carbocycles. The summed E-state index contributed by atoms with van der Waals surface area (Å²) in [6.07, 6.45) is 0. The Morgan fingerprint density at radius 2 is 2.22 bits per heavy atom. The van der Waals surface area contributed by atoms with Gasteiger partial charge in [-0.2, -0.15) is 3.89 Å². The van der Waals surface area contributed by atoms with Gasteiger partial charge in [-0.05, 0) is 18.2 Å². The van der Waals surface area contributed by atoms with Gasteiger partial charge in [-0.1, -0.05) is 22.0 Å². The van der Waals surface area contributed by atoms with Crippen LogP contribution >= 0.6 is 28.1 Å². The highest BCUT2D eigenvalue weighted by Gasteiger charge is 1.90. The molecule has 0 fully saturated rings. The lowest BCUT2D eigenvalue weighted by Crippen LogP contribution is -1.65. The standard InChI is InChI=1S/C6H4BrFS/c7-5-2-1-3-6(4-5)9-8/h1-4H. The zero-order chi connectivity index (χ0) is 6.69. The lowest BCUT2D eigenvalue weighted by Gasteiger charge is -1.90. The Morgan fingerprint density at radius 1 is 1.44 bits per heavy atom. The molecule has 1 rings (SSSR count). The van der Waals surface area contributed by atoms with Gasteiger partial charge < -0.3 is 0 Å². The third-order valence-corrected chi connectivity index (χ3v) is 1.81. The Balaban J connectivity index is 2.94. The summed E-state index contributed by atoms with van der Waals surface area (Å²) in [7, 11) is 0. The van der Waals surface area contributed by atoms with Crippen molar-refractivity contribution in [3.8, 4) is 0 Å². The van der Waals surface area contributed by atoms with E-state index in [1.54, 1.807) is 18.2 Å². The molecule has 0 saturated heterocycles. The average Bonchev–Trinajstić information content (AvgIpc) is 1.88. The van der Waals surface area contributed by atoms with Gasteiger partial charge in [0.1, 0.15) is 0 Å². The molecular weight excluding hydrogens is 203 g/mol. The van der Waals surface area contributed by atoms with Crippen molar-refractivity contribution in [2.24, 2.45) is 0 Å². The summed E-state index contributed by atoms with van der Waals surface area (Å²) in [5.74, 6) is 0. The van der Waals surface area contributed by atoms with Crippen LogP contribution in [0.2, 0.25) is 0 Å². The van der Waals surface area contributed by atoms with Crippen molar-refractivity contribution in [1.82, 2.24) is 0 Å². The molecule has 0 aliphatic heterocycles. The van der Waals surface area contributed by atoms with Crippen molar-refractivity contribution >= 4 is 28.1 Å². The second-order valence-electron chi connectivity index (χ2n) is 1.53. The third-order valence-electron chi connectivity index (χ3n) is 0.885. The lowest BCUT2D eigenvalue weighted by atomic mass is 10.4. The van der Waals surface area contributed by atoms with Crippen LogP contribution in [-0.2, 0) is 0 Å². The van der Waals surface area contributed by atoms with Crippen molar-refractivity contribution in [2.75, 3.05) is 0 Å². The van der Waals surface area contributed by atoms with E-state index in [1.807, 2.05) is 6.07 Å². The van der Waals surface area contributed by atoms with Gasteiger partial charge in [-0.25, -0.2) is 0 Å². The fraction of sp³-hybridized carbons (Fsp3) is 0. The second-order valence-corrected chi connectivity index (χ2v) is 3.08. The van der Waals surface area contributed by atoms with E-state index >= 15 is 0 Å². The van der Waals surface area contributed by atoms with E-state index in [0.29, 0.717) is 4.90 Å². The Morgan fingerprint density at radius 3 is 2.67 bits per heavy atom. The molecule has 0 aromatic heterocycles. The van der Waals surface area contributed by atoms with Gasteiger partial charge in [0.2, 0.25) is 0 Å². The number of hydrogen-bond donors (Lipinski definition) is 0. The van der Waals surface area contributed by atoms with E-state index in [1.165, 1.54) is 0 Å². The molecule has 48 valence electrons. The highest BCUT2D eigenvalue weighted by molar-refractivity contribution is 9.10. The first-order valence-corrected chi connectivity index (χ1v) is 3.88. The fourth-order valence-electron chi connectivity index (χ4n) is 0.515. The van der Waals surface area contributed by atoms with Crippen LogP contribution in [0.3, 0.4) is 0 Å². The predicted octanol–water partition coefficient (Wildman–Crippen LogP) is 3.43. The Hall–Kier alpha value is -0.0200. The molecule has 0 spiro atoms. The van der Waals surface area contributed by atoms with E-state index < -0.39 is 0 Å². The predicted molar refractivity (Wildman–Crippen MR) is 41.1 cm³/mol. The van der Waals surface area contributed by atoms with Crippen LogP contribution in [0.15, 0.2) is 33.6 Å². The lowest BCUT2D eigenvalue weighted by molar-refractivity contribution is 0.934. The fourth-order valence-corrected chi connectivity index (χ4v) is 1.37. The molecule has 3 heteroatoms. The maximum absolute atomic E-state index is 11.8. The van der Waals surface area contributed by atoms with Crippen LogP contribution in [0, 0.1) is 0 Å². The summed E-state index contributed by atoms with van der Waals surface area (Å²) in [4.78, 5) is 0.629. The van der Waals surface area contributed by atoms with Gasteiger partial charge in [-0.3, -0.25) is 0 Å². The van der Waals surface area contributed by atoms with Crippen LogP contribution in [-0.4, -0.2) is 0 Å². The zero-order valence-electron chi connectivity index (χ0n) is 4.47. The Labute approximate surface area is 65.9 Å². The first kappa shape index (κ1) is 7.09. The third kappa shape index (κ3) is 1.99. The molecule has 0 atom stereocenters. The largest absolute Gasteiger partial charge is 0.160 e. The van der Waals surface area contributed by atoms with Gasteiger partial charge in [0.05, 0.1) is 12.1 Å². The molecule has 1 aromatic carbocycles. The molecular formula is C6H4BrFS.